The van der Waals surface area contributed by atoms with Gasteiger partial charge in [0.2, 0.25) is 5.91 Å². The highest BCUT2D eigenvalue weighted by Gasteiger charge is 2.20. The van der Waals surface area contributed by atoms with Crippen molar-refractivity contribution < 1.29 is 14.3 Å². The van der Waals surface area contributed by atoms with Gasteiger partial charge in [0.25, 0.3) is 5.91 Å². The molecule has 7 nitrogen and oxygen atoms in total. The van der Waals surface area contributed by atoms with Gasteiger partial charge >= 0.3 is 0 Å². The van der Waals surface area contributed by atoms with Gasteiger partial charge in [-0.1, -0.05) is 0 Å². The Morgan fingerprint density at radius 2 is 2.13 bits per heavy atom. The lowest BCUT2D eigenvalue weighted by molar-refractivity contribution is -0.136. The lowest BCUT2D eigenvalue weighted by Crippen LogP contribution is -2.38. The van der Waals surface area contributed by atoms with E-state index >= 15 is 0 Å². The van der Waals surface area contributed by atoms with E-state index in [1.165, 1.54) is 11.2 Å². The van der Waals surface area contributed by atoms with E-state index in [1.807, 2.05) is 38.1 Å². The Bertz CT molecular complexity index is 623. The maximum Gasteiger partial charge on any atom is 0.261 e. The number of rotatable bonds is 6. The molecule has 0 atom stereocenters. The summed E-state index contributed by atoms with van der Waals surface area (Å²) in [5.74, 6) is 0.241. The van der Waals surface area contributed by atoms with Gasteiger partial charge in [0.05, 0.1) is 12.8 Å². The zero-order valence-corrected chi connectivity index (χ0v) is 13.3. The van der Waals surface area contributed by atoms with Gasteiger partial charge in [-0.25, -0.2) is 10.4 Å². The summed E-state index contributed by atoms with van der Waals surface area (Å²) in [6.07, 6.45) is 2.56. The van der Waals surface area contributed by atoms with Gasteiger partial charge in [0.15, 0.2) is 0 Å². The molecule has 2 rings (SSSR count). The van der Waals surface area contributed by atoms with Crippen LogP contribution in [0.2, 0.25) is 0 Å². The van der Waals surface area contributed by atoms with Gasteiger partial charge in [-0.05, 0) is 50.1 Å². The van der Waals surface area contributed by atoms with E-state index in [4.69, 9.17) is 4.74 Å². The molecule has 1 N–H and O–H groups in total. The standard InChI is InChI=1S/C16H20N4O3/c1-3-23-14-7-5-13(6-8-14)10-17-18-15(21)11-20-16(22)9-4-12(2)19-20/h5-8,10H,3-4,9,11H2,1-2H3,(H,18,21)/b17-10+. The fourth-order valence-electron chi connectivity index (χ4n) is 2.02. The van der Waals surface area contributed by atoms with Crippen LogP contribution >= 0.6 is 0 Å². The predicted molar refractivity (Wildman–Crippen MR) is 87.4 cm³/mol. The van der Waals surface area contributed by atoms with Crippen LogP contribution in [0.15, 0.2) is 34.5 Å². The first-order valence-electron chi connectivity index (χ1n) is 7.47. The van der Waals surface area contributed by atoms with Crippen LogP contribution in [0.4, 0.5) is 0 Å². The SMILES string of the molecule is CCOc1ccc(/C=N/NC(=O)CN2N=C(C)CCC2=O)cc1. The lowest BCUT2D eigenvalue weighted by Gasteiger charge is -2.21. The second kappa shape index (κ2) is 8.07. The Hall–Kier alpha value is -2.70. The summed E-state index contributed by atoms with van der Waals surface area (Å²) < 4.78 is 5.34. The first-order valence-corrected chi connectivity index (χ1v) is 7.47. The van der Waals surface area contributed by atoms with Gasteiger partial charge < -0.3 is 4.74 Å². The smallest absolute Gasteiger partial charge is 0.261 e. The molecular weight excluding hydrogens is 296 g/mol. The molecule has 0 fully saturated rings. The van der Waals surface area contributed by atoms with Gasteiger partial charge in [0, 0.05) is 12.1 Å². The van der Waals surface area contributed by atoms with E-state index in [0.29, 0.717) is 19.4 Å². The highest BCUT2D eigenvalue weighted by Crippen LogP contribution is 2.10. The molecule has 2 amide bonds. The molecule has 122 valence electrons. The second-order valence-electron chi connectivity index (χ2n) is 5.08. The van der Waals surface area contributed by atoms with Gasteiger partial charge in [-0.2, -0.15) is 10.2 Å². The van der Waals surface area contributed by atoms with Crippen LogP contribution in [0.5, 0.6) is 5.75 Å². The number of hydrogen-bond donors (Lipinski definition) is 1. The summed E-state index contributed by atoms with van der Waals surface area (Å²) in [6, 6.07) is 7.33. The fraction of sp³-hybridized carbons (Fsp3) is 0.375. The third-order valence-electron chi connectivity index (χ3n) is 3.17. The van der Waals surface area contributed by atoms with Crippen molar-refractivity contribution >= 4 is 23.7 Å². The van der Waals surface area contributed by atoms with Crippen LogP contribution in [-0.2, 0) is 9.59 Å². The van der Waals surface area contributed by atoms with Crippen LogP contribution in [0, 0.1) is 0 Å². The molecule has 1 heterocycles. The first kappa shape index (κ1) is 16.7. The third kappa shape index (κ3) is 5.21. The first-order chi connectivity index (χ1) is 11.1. The topological polar surface area (TPSA) is 83.4 Å². The lowest BCUT2D eigenvalue weighted by atomic mass is 10.2. The van der Waals surface area contributed by atoms with E-state index in [9.17, 15) is 9.59 Å². The highest BCUT2D eigenvalue weighted by atomic mass is 16.5. The van der Waals surface area contributed by atoms with Crippen molar-refractivity contribution in [2.45, 2.75) is 26.7 Å². The Kier molecular flexibility index (Phi) is 5.85. The summed E-state index contributed by atoms with van der Waals surface area (Å²) in [5, 5.41) is 9.13. The van der Waals surface area contributed by atoms with E-state index in [2.05, 4.69) is 15.6 Å². The predicted octanol–water partition coefficient (Wildman–Crippen LogP) is 1.53. The van der Waals surface area contributed by atoms with Crippen molar-refractivity contribution in [2.24, 2.45) is 10.2 Å². The van der Waals surface area contributed by atoms with E-state index in [-0.39, 0.29) is 18.4 Å². The van der Waals surface area contributed by atoms with E-state index < -0.39 is 0 Å². The summed E-state index contributed by atoms with van der Waals surface area (Å²) in [5.41, 5.74) is 4.06. The number of nitrogens with one attached hydrogen (secondary N) is 1. The molecule has 0 unspecified atom stereocenters. The Labute approximate surface area is 135 Å². The maximum atomic E-state index is 11.8. The normalized spacial score (nSPS) is 14.8. The molecule has 1 aliphatic heterocycles. The van der Waals surface area contributed by atoms with Crippen molar-refractivity contribution in [1.29, 1.82) is 0 Å². The van der Waals surface area contributed by atoms with Gasteiger partial charge in [-0.3, -0.25) is 9.59 Å². The number of carbonyl (C=O) groups excluding carboxylic acids is 2. The largest absolute Gasteiger partial charge is 0.494 e. The minimum atomic E-state index is -0.390. The monoisotopic (exact) mass is 316 g/mol. The number of ether oxygens (including phenoxy) is 1. The van der Waals surface area contributed by atoms with Crippen molar-refractivity contribution in [3.8, 4) is 5.75 Å². The van der Waals surface area contributed by atoms with E-state index in [1.54, 1.807) is 0 Å². The van der Waals surface area contributed by atoms with Gasteiger partial charge in [0.1, 0.15) is 12.3 Å². The average molecular weight is 316 g/mol. The van der Waals surface area contributed by atoms with Crippen molar-refractivity contribution in [3.63, 3.8) is 0 Å². The molecule has 0 radical (unpaired) electrons. The zero-order valence-electron chi connectivity index (χ0n) is 13.3. The van der Waals surface area contributed by atoms with Crippen molar-refractivity contribution in [3.05, 3.63) is 29.8 Å². The minimum Gasteiger partial charge on any atom is -0.494 e. The molecule has 0 saturated heterocycles. The molecule has 1 aromatic rings. The number of hydrazone groups is 2. The summed E-state index contributed by atoms with van der Waals surface area (Å²) in [6.45, 7) is 4.24. The maximum absolute atomic E-state index is 11.8. The molecule has 0 saturated carbocycles. The van der Waals surface area contributed by atoms with Crippen LogP contribution in [0.25, 0.3) is 0 Å². The third-order valence-corrected chi connectivity index (χ3v) is 3.17. The summed E-state index contributed by atoms with van der Waals surface area (Å²) in [4.78, 5) is 23.4. The number of benzene rings is 1. The molecule has 1 aromatic carbocycles. The molecular formula is C16H20N4O3. The number of carbonyl (C=O) groups is 2. The van der Waals surface area contributed by atoms with Crippen LogP contribution in [0.3, 0.4) is 0 Å². The molecule has 1 aliphatic rings. The molecule has 23 heavy (non-hydrogen) atoms. The Morgan fingerprint density at radius 1 is 1.39 bits per heavy atom. The zero-order chi connectivity index (χ0) is 16.7. The highest BCUT2D eigenvalue weighted by molar-refractivity contribution is 5.93. The van der Waals surface area contributed by atoms with Crippen LogP contribution in [-0.4, -0.2) is 41.9 Å². The average Bonchev–Trinajstić information content (AvgIpc) is 2.53. The molecule has 7 heteroatoms. The minimum absolute atomic E-state index is 0.128. The fourth-order valence-corrected chi connectivity index (χ4v) is 2.02. The van der Waals surface area contributed by atoms with E-state index in [0.717, 1.165) is 17.0 Å². The van der Waals surface area contributed by atoms with Gasteiger partial charge in [-0.15, -0.1) is 0 Å². The summed E-state index contributed by atoms with van der Waals surface area (Å²) >= 11 is 0. The molecule has 0 spiro atoms. The quantitative estimate of drug-likeness (QED) is 0.638. The van der Waals surface area contributed by atoms with Crippen molar-refractivity contribution in [2.75, 3.05) is 13.2 Å². The van der Waals surface area contributed by atoms with Crippen molar-refractivity contribution in [1.82, 2.24) is 10.4 Å². The van der Waals surface area contributed by atoms with Crippen LogP contribution < -0.4 is 10.2 Å². The second-order valence-corrected chi connectivity index (χ2v) is 5.08. The number of hydrogen-bond acceptors (Lipinski definition) is 5. The van der Waals surface area contributed by atoms with Crippen LogP contribution in [0.1, 0.15) is 32.3 Å². The summed E-state index contributed by atoms with van der Waals surface area (Å²) in [7, 11) is 0. The molecule has 0 aliphatic carbocycles. The molecule has 0 aromatic heterocycles. The Balaban J connectivity index is 1.83. The Morgan fingerprint density at radius 3 is 2.83 bits per heavy atom. The number of nitrogens with zero attached hydrogens (tertiary/aromatic N) is 3. The number of amides is 2. The molecule has 0 bridgehead atoms.